The molecule has 0 saturated carbocycles. The topological polar surface area (TPSA) is 106 Å². The predicted octanol–water partition coefficient (Wildman–Crippen LogP) is 4.01. The largest absolute Gasteiger partial charge is 0.497 e. The maximum absolute atomic E-state index is 12.3. The van der Waals surface area contributed by atoms with Crippen LogP contribution in [0.4, 0.5) is 5.69 Å². The van der Waals surface area contributed by atoms with Gasteiger partial charge in [-0.2, -0.15) is 5.10 Å². The van der Waals surface area contributed by atoms with Crippen molar-refractivity contribution in [2.75, 3.05) is 12.4 Å². The number of hydrazone groups is 1. The Labute approximate surface area is 197 Å². The highest BCUT2D eigenvalue weighted by atomic mass is 16.5. The van der Waals surface area contributed by atoms with Gasteiger partial charge < -0.3 is 14.8 Å². The molecule has 8 nitrogen and oxygen atoms in total. The van der Waals surface area contributed by atoms with Gasteiger partial charge in [-0.05, 0) is 86.5 Å². The van der Waals surface area contributed by atoms with E-state index < -0.39 is 17.8 Å². The minimum Gasteiger partial charge on any atom is -0.497 e. The second-order valence-corrected chi connectivity index (χ2v) is 7.55. The lowest BCUT2D eigenvalue weighted by molar-refractivity contribution is -0.136. The van der Waals surface area contributed by atoms with Gasteiger partial charge in [0, 0.05) is 5.69 Å². The quantitative estimate of drug-likeness (QED) is 0.190. The molecule has 0 atom stereocenters. The van der Waals surface area contributed by atoms with Gasteiger partial charge >= 0.3 is 17.8 Å². The van der Waals surface area contributed by atoms with Gasteiger partial charge in [-0.15, -0.1) is 0 Å². The Hall–Kier alpha value is -4.46. The third kappa shape index (κ3) is 6.29. The molecule has 0 spiro atoms. The van der Waals surface area contributed by atoms with E-state index in [1.54, 1.807) is 68.6 Å². The van der Waals surface area contributed by atoms with Crippen molar-refractivity contribution >= 4 is 29.2 Å². The van der Waals surface area contributed by atoms with E-state index in [4.69, 9.17) is 9.47 Å². The number of esters is 1. The van der Waals surface area contributed by atoms with Crippen molar-refractivity contribution in [3.05, 3.63) is 89.0 Å². The van der Waals surface area contributed by atoms with Crippen molar-refractivity contribution in [1.29, 1.82) is 0 Å². The molecule has 0 aromatic heterocycles. The minimum absolute atomic E-state index is 0.356. The van der Waals surface area contributed by atoms with Crippen LogP contribution >= 0.6 is 0 Å². The van der Waals surface area contributed by atoms with E-state index in [2.05, 4.69) is 15.8 Å². The van der Waals surface area contributed by atoms with Crippen LogP contribution in [0.3, 0.4) is 0 Å². The number of carbonyl (C=O) groups is 3. The van der Waals surface area contributed by atoms with E-state index >= 15 is 0 Å². The van der Waals surface area contributed by atoms with Crippen molar-refractivity contribution in [1.82, 2.24) is 5.43 Å². The summed E-state index contributed by atoms with van der Waals surface area (Å²) in [5, 5.41) is 6.56. The van der Waals surface area contributed by atoms with Crippen LogP contribution in [-0.2, 0) is 9.59 Å². The smallest absolute Gasteiger partial charge is 0.343 e. The van der Waals surface area contributed by atoms with E-state index in [1.807, 2.05) is 26.0 Å². The summed E-state index contributed by atoms with van der Waals surface area (Å²) in [5.74, 6) is -1.20. The van der Waals surface area contributed by atoms with Crippen molar-refractivity contribution in [3.8, 4) is 11.5 Å². The van der Waals surface area contributed by atoms with Gasteiger partial charge in [0.25, 0.3) is 0 Å². The zero-order valence-electron chi connectivity index (χ0n) is 19.3. The van der Waals surface area contributed by atoms with Crippen LogP contribution in [0.25, 0.3) is 0 Å². The van der Waals surface area contributed by atoms with Crippen molar-refractivity contribution in [3.63, 3.8) is 0 Å². The molecule has 0 saturated heterocycles. The summed E-state index contributed by atoms with van der Waals surface area (Å²) in [6.45, 7) is 5.47. The molecule has 0 aliphatic rings. The molecular formula is C26H25N3O5. The second-order valence-electron chi connectivity index (χ2n) is 7.55. The molecule has 8 heteroatoms. The molecule has 0 radical (unpaired) electrons. The molecule has 2 amide bonds. The summed E-state index contributed by atoms with van der Waals surface area (Å²) >= 11 is 0. The lowest BCUT2D eigenvalue weighted by Gasteiger charge is -2.09. The zero-order chi connectivity index (χ0) is 24.7. The molecule has 0 aliphatic carbocycles. The Morgan fingerprint density at radius 1 is 0.794 bits per heavy atom. The first kappa shape index (κ1) is 24.2. The highest BCUT2D eigenvalue weighted by Crippen LogP contribution is 2.17. The van der Waals surface area contributed by atoms with Gasteiger partial charge in [-0.1, -0.05) is 17.7 Å². The molecule has 0 aliphatic heterocycles. The SMILES string of the molecule is COc1ccc(C(=O)Oc2ccc(C(C)=NNC(=O)C(=O)Nc3ccc(C)cc3C)cc2)cc1. The number of hydrogen-bond donors (Lipinski definition) is 2. The normalized spacial score (nSPS) is 10.9. The van der Waals surface area contributed by atoms with E-state index in [0.29, 0.717) is 34.0 Å². The third-order valence-corrected chi connectivity index (χ3v) is 4.97. The molecule has 3 aromatic rings. The van der Waals surface area contributed by atoms with Gasteiger partial charge in [-0.25, -0.2) is 10.2 Å². The molecule has 0 unspecified atom stereocenters. The lowest BCUT2D eigenvalue weighted by Crippen LogP contribution is -2.33. The first-order valence-electron chi connectivity index (χ1n) is 10.5. The number of carbonyl (C=O) groups excluding carboxylic acids is 3. The Bertz CT molecular complexity index is 1230. The summed E-state index contributed by atoms with van der Waals surface area (Å²) < 4.78 is 10.4. The fourth-order valence-electron chi connectivity index (χ4n) is 3.04. The fourth-order valence-corrected chi connectivity index (χ4v) is 3.04. The number of ether oxygens (including phenoxy) is 2. The maximum atomic E-state index is 12.3. The molecule has 3 rings (SSSR count). The number of hydrogen-bond acceptors (Lipinski definition) is 6. The highest BCUT2D eigenvalue weighted by molar-refractivity contribution is 6.39. The summed E-state index contributed by atoms with van der Waals surface area (Å²) in [4.78, 5) is 36.5. The lowest BCUT2D eigenvalue weighted by atomic mass is 10.1. The average Bonchev–Trinajstić information content (AvgIpc) is 2.84. The van der Waals surface area contributed by atoms with Crippen LogP contribution in [0, 0.1) is 13.8 Å². The van der Waals surface area contributed by atoms with Crippen LogP contribution in [0.1, 0.15) is 34.0 Å². The van der Waals surface area contributed by atoms with Gasteiger partial charge in [0.15, 0.2) is 0 Å². The summed E-state index contributed by atoms with van der Waals surface area (Å²) in [6, 6.07) is 18.7. The molecule has 2 N–H and O–H groups in total. The average molecular weight is 460 g/mol. The molecule has 174 valence electrons. The van der Waals surface area contributed by atoms with E-state index in [9.17, 15) is 14.4 Å². The Kier molecular flexibility index (Phi) is 7.76. The molecule has 3 aromatic carbocycles. The van der Waals surface area contributed by atoms with Gasteiger partial charge in [0.05, 0.1) is 18.4 Å². The van der Waals surface area contributed by atoms with Gasteiger partial charge in [-0.3, -0.25) is 9.59 Å². The zero-order valence-corrected chi connectivity index (χ0v) is 19.3. The number of benzene rings is 3. The molecule has 0 bridgehead atoms. The number of anilines is 1. The van der Waals surface area contributed by atoms with E-state index in [0.717, 1.165) is 11.1 Å². The summed E-state index contributed by atoms with van der Waals surface area (Å²) in [5.41, 5.74) is 6.27. The van der Waals surface area contributed by atoms with Gasteiger partial charge in [0.2, 0.25) is 0 Å². The van der Waals surface area contributed by atoms with E-state index in [1.165, 1.54) is 0 Å². The second kappa shape index (κ2) is 10.9. The Morgan fingerprint density at radius 3 is 2.03 bits per heavy atom. The Balaban J connectivity index is 1.57. The number of nitrogens with zero attached hydrogens (tertiary/aromatic N) is 1. The highest BCUT2D eigenvalue weighted by Gasteiger charge is 2.14. The summed E-state index contributed by atoms with van der Waals surface area (Å²) in [6.07, 6.45) is 0. The van der Waals surface area contributed by atoms with Crippen LogP contribution in [-0.4, -0.2) is 30.6 Å². The van der Waals surface area contributed by atoms with Crippen molar-refractivity contribution in [2.45, 2.75) is 20.8 Å². The number of amides is 2. The number of nitrogens with one attached hydrogen (secondary N) is 2. The molecule has 34 heavy (non-hydrogen) atoms. The number of rotatable bonds is 6. The first-order chi connectivity index (χ1) is 16.3. The number of aryl methyl sites for hydroxylation is 2. The van der Waals surface area contributed by atoms with Crippen LogP contribution < -0.4 is 20.2 Å². The molecular weight excluding hydrogens is 434 g/mol. The van der Waals surface area contributed by atoms with Crippen LogP contribution in [0.5, 0.6) is 11.5 Å². The fraction of sp³-hybridized carbons (Fsp3) is 0.154. The minimum atomic E-state index is -0.885. The Morgan fingerprint density at radius 2 is 1.41 bits per heavy atom. The third-order valence-electron chi connectivity index (χ3n) is 4.97. The van der Waals surface area contributed by atoms with Crippen LogP contribution in [0.2, 0.25) is 0 Å². The standard InChI is InChI=1S/C26H25N3O5/c1-16-5-14-23(17(2)15-16)27-24(30)25(31)29-28-18(3)19-6-12-22(13-7-19)34-26(32)20-8-10-21(33-4)11-9-20/h5-15H,1-4H3,(H,27,30)(H,29,31). The first-order valence-corrected chi connectivity index (χ1v) is 10.5. The van der Waals surface area contributed by atoms with Gasteiger partial charge in [0.1, 0.15) is 11.5 Å². The summed E-state index contributed by atoms with van der Waals surface area (Å²) in [7, 11) is 1.55. The number of methoxy groups -OCH3 is 1. The van der Waals surface area contributed by atoms with Crippen molar-refractivity contribution < 1.29 is 23.9 Å². The molecule has 0 heterocycles. The van der Waals surface area contributed by atoms with E-state index in [-0.39, 0.29) is 0 Å². The monoisotopic (exact) mass is 459 g/mol. The maximum Gasteiger partial charge on any atom is 0.343 e. The van der Waals surface area contributed by atoms with Crippen LogP contribution in [0.15, 0.2) is 71.8 Å². The predicted molar refractivity (Wildman–Crippen MR) is 129 cm³/mol. The molecule has 0 fully saturated rings. The van der Waals surface area contributed by atoms with Crippen molar-refractivity contribution in [2.24, 2.45) is 5.10 Å².